The van der Waals surface area contributed by atoms with Gasteiger partial charge in [-0.05, 0) is 0 Å². The van der Waals surface area contributed by atoms with Gasteiger partial charge in [0.15, 0.2) is 0 Å². The van der Waals surface area contributed by atoms with Gasteiger partial charge in [0.25, 0.3) is 0 Å². The summed E-state index contributed by atoms with van der Waals surface area (Å²) in [6.07, 6.45) is 0. The van der Waals surface area contributed by atoms with Gasteiger partial charge in [-0.25, -0.2) is 0 Å². The molecule has 0 bridgehead atoms. The summed E-state index contributed by atoms with van der Waals surface area (Å²) in [5.41, 5.74) is 0. The zero-order valence-corrected chi connectivity index (χ0v) is 7.09. The molecule has 0 saturated heterocycles. The molecule has 0 unspecified atom stereocenters. The Labute approximate surface area is 71.6 Å². The molecule has 0 rings (SSSR count). The van der Waals surface area contributed by atoms with Gasteiger partial charge in [0.2, 0.25) is 0 Å². The van der Waals surface area contributed by atoms with Gasteiger partial charge in [0, 0.05) is 72.3 Å². The van der Waals surface area contributed by atoms with Gasteiger partial charge >= 0.3 is 0 Å². The van der Waals surface area contributed by atoms with E-state index in [4.69, 9.17) is 0 Å². The first kappa shape index (κ1) is 34.1. The van der Waals surface area contributed by atoms with E-state index in [1.54, 1.807) is 0 Å². The molecule has 0 atom stereocenters. The van der Waals surface area contributed by atoms with Crippen molar-refractivity contribution in [2.24, 2.45) is 0 Å². The first-order valence-electron chi connectivity index (χ1n) is 0. The standard InChI is InChI=1S/2Cr.Mo.Ni. The molecule has 4 heavy (non-hydrogen) atoms. The summed E-state index contributed by atoms with van der Waals surface area (Å²) in [6.45, 7) is 0. The van der Waals surface area contributed by atoms with Crippen LogP contribution in [0.25, 0.3) is 0 Å². The summed E-state index contributed by atoms with van der Waals surface area (Å²) < 4.78 is 0. The fraction of sp³-hybridized carbons (Fsp3) is 0. The molecule has 0 aliphatic carbocycles. The van der Waals surface area contributed by atoms with E-state index in [-0.39, 0.29) is 72.3 Å². The maximum absolute atomic E-state index is 0. The fourth-order valence-electron chi connectivity index (χ4n) is 0. The molecule has 0 radical (unpaired) electrons. The summed E-state index contributed by atoms with van der Waals surface area (Å²) in [4.78, 5) is 0. The topological polar surface area (TPSA) is 0 Å². The van der Waals surface area contributed by atoms with Crippen molar-refractivity contribution in [3.8, 4) is 0 Å². The summed E-state index contributed by atoms with van der Waals surface area (Å²) >= 11 is 0. The second-order valence-corrected chi connectivity index (χ2v) is 0. The van der Waals surface area contributed by atoms with Gasteiger partial charge in [0.05, 0.1) is 0 Å². The van der Waals surface area contributed by atoms with Crippen molar-refractivity contribution in [1.82, 2.24) is 0 Å². The van der Waals surface area contributed by atoms with Crippen LogP contribution in [0.2, 0.25) is 0 Å². The normalized spacial score (nSPS) is 0. The van der Waals surface area contributed by atoms with E-state index in [1.807, 2.05) is 0 Å². The molecule has 0 saturated carbocycles. The van der Waals surface area contributed by atoms with E-state index in [9.17, 15) is 0 Å². The third-order valence-corrected chi connectivity index (χ3v) is 0. The van der Waals surface area contributed by atoms with Crippen molar-refractivity contribution >= 4 is 0 Å². The molecule has 0 fully saturated rings. The summed E-state index contributed by atoms with van der Waals surface area (Å²) in [5, 5.41) is 0. The molecule has 0 aliphatic rings. The fourth-order valence-corrected chi connectivity index (χ4v) is 0. The zero-order valence-electron chi connectivity index (χ0n) is 1.54. The van der Waals surface area contributed by atoms with Crippen LogP contribution in [0.4, 0.5) is 0 Å². The van der Waals surface area contributed by atoms with Crippen LogP contribution < -0.4 is 0 Å². The molecule has 4 heteroatoms. The molecule has 0 nitrogen and oxygen atoms in total. The van der Waals surface area contributed by atoms with Crippen molar-refractivity contribution in [2.75, 3.05) is 0 Å². The second-order valence-electron chi connectivity index (χ2n) is 0. The van der Waals surface area contributed by atoms with E-state index in [1.165, 1.54) is 0 Å². The van der Waals surface area contributed by atoms with Crippen molar-refractivity contribution in [3.63, 3.8) is 0 Å². The third kappa shape index (κ3) is 8.87. The largest absolute Gasteiger partial charge is 0 e. The molecular weight excluding hydrogens is 259 g/mol. The number of hydrogen-bond acceptors (Lipinski definition) is 0. The van der Waals surface area contributed by atoms with Crippen molar-refractivity contribution in [3.05, 3.63) is 0 Å². The van der Waals surface area contributed by atoms with Crippen molar-refractivity contribution in [2.45, 2.75) is 0 Å². The SMILES string of the molecule is [Cr].[Cr].[Mo].[Ni]. The Morgan fingerprint density at radius 3 is 0.750 bits per heavy atom. The first-order valence-corrected chi connectivity index (χ1v) is 0. The molecule has 0 spiro atoms. The van der Waals surface area contributed by atoms with Crippen LogP contribution in [0.3, 0.4) is 0 Å². The van der Waals surface area contributed by atoms with Crippen LogP contribution in [0, 0.1) is 0 Å². The Kier molecular flexibility index (Phi) is 160. The summed E-state index contributed by atoms with van der Waals surface area (Å²) in [5.74, 6) is 0. The average Bonchev–Trinajstić information content (AvgIpc) is 0. The molecule has 0 aromatic carbocycles. The number of hydrogen-bond donors (Lipinski definition) is 0. The van der Waals surface area contributed by atoms with Crippen LogP contribution in [0.5, 0.6) is 0 Å². The van der Waals surface area contributed by atoms with Gasteiger partial charge < -0.3 is 0 Å². The Morgan fingerprint density at radius 1 is 0.750 bits per heavy atom. The van der Waals surface area contributed by atoms with E-state index in [0.717, 1.165) is 0 Å². The minimum absolute atomic E-state index is 0. The minimum Gasteiger partial charge on any atom is 0 e. The molecule has 0 aromatic rings. The Morgan fingerprint density at radius 2 is 0.750 bits per heavy atom. The second kappa shape index (κ2) is 18.7. The predicted octanol–water partition coefficient (Wildman–Crippen LogP) is -0.0100. The van der Waals surface area contributed by atoms with E-state index >= 15 is 0 Å². The monoisotopic (exact) mass is 260 g/mol. The Bertz CT molecular complexity index is 6.00. The Hall–Kier alpha value is 2.25. The van der Waals surface area contributed by atoms with Gasteiger partial charge in [0.1, 0.15) is 0 Å². The molecular formula is Cr2MoNi. The summed E-state index contributed by atoms with van der Waals surface area (Å²) in [6, 6.07) is 0. The van der Waals surface area contributed by atoms with Crippen LogP contribution in [0.1, 0.15) is 0 Å². The predicted molar refractivity (Wildman–Crippen MR) is 0 cm³/mol. The summed E-state index contributed by atoms with van der Waals surface area (Å²) in [7, 11) is 0. The molecule has 0 heterocycles. The maximum Gasteiger partial charge on any atom is 0 e. The van der Waals surface area contributed by atoms with Crippen molar-refractivity contribution in [1.29, 1.82) is 0 Å². The molecule has 0 N–H and O–H groups in total. The first-order chi connectivity index (χ1) is 0. The Balaban J connectivity index is 0. The smallest absolute Gasteiger partial charge is 0 e. The molecule has 0 amide bonds. The van der Waals surface area contributed by atoms with E-state index in [2.05, 4.69) is 0 Å². The van der Waals surface area contributed by atoms with Gasteiger partial charge in [-0.2, -0.15) is 0 Å². The van der Waals surface area contributed by atoms with Crippen LogP contribution in [-0.4, -0.2) is 0 Å². The van der Waals surface area contributed by atoms with Crippen LogP contribution in [0.15, 0.2) is 0 Å². The van der Waals surface area contributed by atoms with Crippen LogP contribution in [-0.2, 0) is 72.3 Å². The minimum atomic E-state index is 0. The quantitative estimate of drug-likeness (QED) is 0.536. The van der Waals surface area contributed by atoms with E-state index < -0.39 is 0 Å². The zero-order chi connectivity index (χ0) is 0. The molecule has 28 valence electrons. The third-order valence-electron chi connectivity index (χ3n) is 0. The van der Waals surface area contributed by atoms with Crippen molar-refractivity contribution < 1.29 is 72.3 Å². The maximum atomic E-state index is 0. The van der Waals surface area contributed by atoms with Gasteiger partial charge in [-0.1, -0.05) is 0 Å². The molecule has 0 aromatic heterocycles. The van der Waals surface area contributed by atoms with Gasteiger partial charge in [-0.15, -0.1) is 0 Å². The molecule has 0 aliphatic heterocycles. The van der Waals surface area contributed by atoms with Gasteiger partial charge in [-0.3, -0.25) is 0 Å². The van der Waals surface area contributed by atoms with E-state index in [0.29, 0.717) is 0 Å². The number of rotatable bonds is 0. The van der Waals surface area contributed by atoms with Crippen LogP contribution >= 0.6 is 0 Å². The average molecular weight is 259 g/mol.